The molecule has 4 amide bonds. The fourth-order valence-corrected chi connectivity index (χ4v) is 8.75. The van der Waals surface area contributed by atoms with Crippen LogP contribution < -0.4 is 14.5 Å². The van der Waals surface area contributed by atoms with Crippen LogP contribution in [0.2, 0.25) is 0 Å². The molecule has 17 heteroatoms. The number of allylic oxidation sites excluding steroid dienone is 2. The van der Waals surface area contributed by atoms with Crippen molar-refractivity contribution in [3.8, 4) is 11.5 Å². The summed E-state index contributed by atoms with van der Waals surface area (Å²) in [7, 11) is 5.32. The summed E-state index contributed by atoms with van der Waals surface area (Å²) < 4.78 is 5.28. The van der Waals surface area contributed by atoms with E-state index in [4.69, 9.17) is 27.9 Å². The first-order valence-corrected chi connectivity index (χ1v) is 15.1. The fourth-order valence-electron chi connectivity index (χ4n) is 7.74. The minimum atomic E-state index is -2.14. The normalized spacial score (nSPS) is 29.7. The number of para-hydroxylation sites is 1. The molecule has 3 fully saturated rings. The van der Waals surface area contributed by atoms with Gasteiger partial charge in [-0.25, -0.2) is 4.90 Å². The van der Waals surface area contributed by atoms with Crippen molar-refractivity contribution in [3.05, 3.63) is 67.8 Å². The third kappa shape index (κ3) is 4.11. The van der Waals surface area contributed by atoms with Crippen molar-refractivity contribution in [1.29, 1.82) is 0 Å². The second kappa shape index (κ2) is 10.6. The smallest absolute Gasteiger partial charge is 0.301 e. The second-order valence-electron chi connectivity index (χ2n) is 12.1. The zero-order valence-electron chi connectivity index (χ0n) is 25.3. The van der Waals surface area contributed by atoms with Gasteiger partial charge in [0.1, 0.15) is 0 Å². The van der Waals surface area contributed by atoms with Gasteiger partial charge in [-0.2, -0.15) is 0 Å². The molecule has 1 N–H and O–H groups in total. The van der Waals surface area contributed by atoms with Gasteiger partial charge in [0.25, 0.3) is 11.8 Å². The topological polar surface area (TPSA) is 194 Å². The number of hydrogen-bond donors (Lipinski definition) is 1. The van der Waals surface area contributed by atoms with Crippen molar-refractivity contribution >= 4 is 69.6 Å². The molecule has 1 saturated carbocycles. The Balaban J connectivity index is 1.52. The van der Waals surface area contributed by atoms with E-state index in [0.29, 0.717) is 10.5 Å². The number of hydrogen-bond acceptors (Lipinski definition) is 11. The Morgan fingerprint density at radius 1 is 1.00 bits per heavy atom. The lowest BCUT2D eigenvalue weighted by Crippen LogP contribution is -2.60. The van der Waals surface area contributed by atoms with Crippen LogP contribution in [0.15, 0.2) is 42.0 Å². The Kier molecular flexibility index (Phi) is 7.28. The van der Waals surface area contributed by atoms with E-state index in [-0.39, 0.29) is 41.3 Å². The molecule has 0 spiro atoms. The predicted octanol–water partition coefficient (Wildman–Crippen LogP) is 3.48. The molecule has 246 valence electrons. The van der Waals surface area contributed by atoms with Crippen LogP contribution in [0, 0.1) is 38.0 Å². The van der Waals surface area contributed by atoms with Crippen LogP contribution in [0.3, 0.4) is 0 Å². The molecule has 15 nitrogen and oxygen atoms in total. The number of fused-ring (bicyclic) bond motifs is 4. The Labute approximate surface area is 276 Å². The number of likely N-dealkylation sites (tertiary alicyclic amines) is 1. The number of halogens is 2. The zero-order valence-corrected chi connectivity index (χ0v) is 26.8. The number of carbonyl (C=O) groups excluding carboxylic acids is 4. The first-order chi connectivity index (χ1) is 22.0. The number of amides is 4. The molecule has 4 aliphatic rings. The van der Waals surface area contributed by atoms with Crippen LogP contribution in [0.25, 0.3) is 0 Å². The monoisotopic (exact) mass is 687 g/mol. The van der Waals surface area contributed by atoms with Gasteiger partial charge in [-0.15, -0.1) is 23.2 Å². The highest BCUT2D eigenvalue weighted by molar-refractivity contribution is 6.53. The van der Waals surface area contributed by atoms with Gasteiger partial charge in [-0.05, 0) is 24.8 Å². The zero-order chi connectivity index (χ0) is 34.5. The predicted molar refractivity (Wildman–Crippen MR) is 167 cm³/mol. The lowest BCUT2D eigenvalue weighted by molar-refractivity contribution is -0.392. The first kappa shape index (κ1) is 32.2. The molecule has 2 saturated heterocycles. The van der Waals surface area contributed by atoms with Crippen LogP contribution in [0.4, 0.5) is 22.7 Å². The minimum Gasteiger partial charge on any atom is -0.504 e. The van der Waals surface area contributed by atoms with E-state index >= 15 is 0 Å². The van der Waals surface area contributed by atoms with Crippen molar-refractivity contribution in [2.75, 3.05) is 38.1 Å². The van der Waals surface area contributed by atoms with E-state index in [1.54, 1.807) is 12.1 Å². The van der Waals surface area contributed by atoms with Gasteiger partial charge in [-0.3, -0.25) is 44.3 Å². The summed E-state index contributed by atoms with van der Waals surface area (Å²) in [5, 5.41) is 35.3. The Morgan fingerprint density at radius 2 is 1.62 bits per heavy atom. The molecular weight excluding hydrogens is 661 g/mol. The van der Waals surface area contributed by atoms with Gasteiger partial charge in [0.15, 0.2) is 26.9 Å². The van der Waals surface area contributed by atoms with Crippen LogP contribution in [-0.2, 0) is 19.2 Å². The molecule has 47 heavy (non-hydrogen) atoms. The van der Waals surface area contributed by atoms with Crippen molar-refractivity contribution < 1.29 is 38.9 Å². The summed E-state index contributed by atoms with van der Waals surface area (Å²) in [4.78, 5) is 76.4. The average Bonchev–Trinajstić information content (AvgIpc) is 3.35. The minimum absolute atomic E-state index is 0.0427. The molecular formula is C30H27Cl2N5O10. The molecule has 0 unspecified atom stereocenters. The van der Waals surface area contributed by atoms with Crippen LogP contribution in [0.1, 0.15) is 24.3 Å². The number of alkyl halides is 2. The van der Waals surface area contributed by atoms with E-state index in [0.717, 1.165) is 17.0 Å². The quantitative estimate of drug-likeness (QED) is 0.154. The van der Waals surface area contributed by atoms with Gasteiger partial charge in [-0.1, -0.05) is 23.8 Å². The molecule has 6 atom stereocenters. The van der Waals surface area contributed by atoms with Gasteiger partial charge >= 0.3 is 11.4 Å². The lowest BCUT2D eigenvalue weighted by Gasteiger charge is -2.50. The van der Waals surface area contributed by atoms with Crippen molar-refractivity contribution in [1.82, 2.24) is 4.90 Å². The highest BCUT2D eigenvalue weighted by Gasteiger charge is 2.76. The van der Waals surface area contributed by atoms with Gasteiger partial charge in [0, 0.05) is 44.8 Å². The summed E-state index contributed by atoms with van der Waals surface area (Å²) in [6, 6.07) is 6.39. The lowest BCUT2D eigenvalue weighted by atomic mass is 9.56. The van der Waals surface area contributed by atoms with E-state index in [9.17, 15) is 44.5 Å². The first-order valence-electron chi connectivity index (χ1n) is 14.3. The summed E-state index contributed by atoms with van der Waals surface area (Å²) in [6.07, 6.45) is 1.26. The molecule has 2 aromatic rings. The number of carbonyl (C=O) groups is 4. The van der Waals surface area contributed by atoms with Crippen molar-refractivity contribution in [2.24, 2.45) is 17.8 Å². The number of anilines is 2. The van der Waals surface area contributed by atoms with E-state index in [2.05, 4.69) is 0 Å². The maximum absolute atomic E-state index is 14.3. The van der Waals surface area contributed by atoms with Gasteiger partial charge in [0.05, 0.1) is 34.5 Å². The van der Waals surface area contributed by atoms with E-state index < -0.39 is 78.3 Å². The number of nitro benzene ring substituents is 2. The highest BCUT2D eigenvalue weighted by Crippen LogP contribution is 2.66. The van der Waals surface area contributed by atoms with E-state index in [1.165, 1.54) is 45.3 Å². The molecule has 2 heterocycles. The number of rotatable bonds is 6. The Morgan fingerprint density at radius 3 is 2.17 bits per heavy atom. The summed E-state index contributed by atoms with van der Waals surface area (Å²) >= 11 is 14.3. The average molecular weight is 688 g/mol. The molecule has 2 aliphatic heterocycles. The number of phenols is 1. The van der Waals surface area contributed by atoms with Crippen molar-refractivity contribution in [3.63, 3.8) is 0 Å². The van der Waals surface area contributed by atoms with Crippen LogP contribution >= 0.6 is 23.2 Å². The molecule has 0 bridgehead atoms. The van der Waals surface area contributed by atoms with Crippen molar-refractivity contribution in [2.45, 2.75) is 28.5 Å². The molecule has 0 aromatic heterocycles. The number of nitrogens with zero attached hydrogens (tertiary/aromatic N) is 5. The van der Waals surface area contributed by atoms with Gasteiger partial charge < -0.3 is 14.7 Å². The third-order valence-electron chi connectivity index (χ3n) is 9.73. The summed E-state index contributed by atoms with van der Waals surface area (Å²) in [5.74, 6) is -7.98. The number of nitro groups is 2. The number of benzene rings is 2. The number of ether oxygens (including phenoxy) is 1. The highest BCUT2D eigenvalue weighted by atomic mass is 35.5. The van der Waals surface area contributed by atoms with Gasteiger partial charge in [0.2, 0.25) is 11.8 Å². The third-order valence-corrected chi connectivity index (χ3v) is 11.1. The standard InChI is InChI=1S/C30H27Cl2N5O10/c1-33(2)23-18(36(43)44)10-13(11-19(23)37(45)46)35-25(39)15-9-8-14-17(21(15)26(35)40)12-29(31)27(41)34(3)28(42)30(29,32)22(14)16-6-5-7-20(47-4)24(16)38/h5-8,10-11,15,17,21-22,38H,9,12H2,1-4H3/t15-,17+,21-,22+,29+,30-/m0/s1. The second-order valence-corrected chi connectivity index (χ2v) is 13.4. The molecule has 6 rings (SSSR count). The Hall–Kier alpha value is -4.76. The fraction of sp³-hybridized carbons (Fsp3) is 0.400. The number of imide groups is 2. The molecule has 2 aliphatic carbocycles. The van der Waals surface area contributed by atoms with Crippen LogP contribution in [-0.4, -0.2) is 81.5 Å². The summed E-state index contributed by atoms with van der Waals surface area (Å²) in [5.41, 5.74) is -1.57. The summed E-state index contributed by atoms with van der Waals surface area (Å²) in [6.45, 7) is 0. The maximum Gasteiger partial charge on any atom is 0.301 e. The van der Waals surface area contributed by atoms with Crippen LogP contribution in [0.5, 0.6) is 11.5 Å². The van der Waals surface area contributed by atoms with E-state index in [1.807, 2.05) is 0 Å². The largest absolute Gasteiger partial charge is 0.504 e. The molecule has 2 aromatic carbocycles. The maximum atomic E-state index is 14.3. The number of methoxy groups -OCH3 is 1. The number of aromatic hydroxyl groups is 1. The Bertz CT molecular complexity index is 1830. The SMILES string of the molecule is COc1cccc([C@H]2C3=CC[C@@H]4C(=O)N(c5cc([N+](=O)[O-])c(N(C)C)c([N+](=O)[O-])c5)C(=O)[C@@H]4[C@@H]3C[C@@]3(Cl)C(=O)N(C)C(=O)[C@@]23Cl)c1O. The molecule has 0 radical (unpaired) electrons. The number of phenolic OH excluding ortho intramolecular Hbond substituents is 1.